The van der Waals surface area contributed by atoms with E-state index in [1.165, 1.54) is 6.07 Å². The van der Waals surface area contributed by atoms with Gasteiger partial charge >= 0.3 is 0 Å². The second-order valence-corrected chi connectivity index (χ2v) is 3.83. The van der Waals surface area contributed by atoms with E-state index in [-0.39, 0.29) is 5.82 Å². The van der Waals surface area contributed by atoms with Crippen molar-refractivity contribution in [1.82, 2.24) is 0 Å². The Morgan fingerprint density at radius 2 is 2.27 bits per heavy atom. The number of anilines is 2. The van der Waals surface area contributed by atoms with Crippen LogP contribution in [0.5, 0.6) is 0 Å². The van der Waals surface area contributed by atoms with Gasteiger partial charge in [0.2, 0.25) is 0 Å². The molecule has 3 nitrogen and oxygen atoms in total. The van der Waals surface area contributed by atoms with Gasteiger partial charge in [0.15, 0.2) is 0 Å². The van der Waals surface area contributed by atoms with Crippen LogP contribution in [0.25, 0.3) is 0 Å². The third-order valence-corrected chi connectivity index (χ3v) is 2.47. The minimum Gasteiger partial charge on any atom is -0.397 e. The molecule has 0 radical (unpaired) electrons. The van der Waals surface area contributed by atoms with Crippen molar-refractivity contribution in [3.05, 3.63) is 22.4 Å². The molecule has 0 aliphatic rings. The molecule has 0 heterocycles. The molecule has 0 spiro atoms. The van der Waals surface area contributed by atoms with Gasteiger partial charge in [0.1, 0.15) is 5.82 Å². The van der Waals surface area contributed by atoms with Crippen LogP contribution in [0.15, 0.2) is 16.6 Å². The minimum absolute atomic E-state index is 0.330. The molecular weight excluding hydrogens is 263 g/mol. The molecule has 0 fully saturated rings. The summed E-state index contributed by atoms with van der Waals surface area (Å²) < 4.78 is 18.7. The summed E-state index contributed by atoms with van der Waals surface area (Å²) in [5.74, 6) is -0.330. The number of nitrogens with two attached hydrogens (primary N) is 1. The lowest BCUT2D eigenvalue weighted by atomic mass is 10.2. The van der Waals surface area contributed by atoms with Gasteiger partial charge in [0, 0.05) is 19.2 Å². The van der Waals surface area contributed by atoms with E-state index in [2.05, 4.69) is 21.2 Å². The highest BCUT2D eigenvalue weighted by atomic mass is 79.9. The number of hydrogen-bond donors (Lipinski definition) is 2. The fourth-order valence-corrected chi connectivity index (χ4v) is 1.48. The molecular formula is C10H14BrFN2O. The summed E-state index contributed by atoms with van der Waals surface area (Å²) in [7, 11) is 0. The van der Waals surface area contributed by atoms with Crippen LogP contribution in [0.2, 0.25) is 0 Å². The van der Waals surface area contributed by atoms with Crippen molar-refractivity contribution in [3.8, 4) is 0 Å². The summed E-state index contributed by atoms with van der Waals surface area (Å²) >= 11 is 3.07. The molecule has 0 aliphatic heterocycles. The van der Waals surface area contributed by atoms with Gasteiger partial charge in [-0.25, -0.2) is 4.39 Å². The van der Waals surface area contributed by atoms with Gasteiger partial charge in [-0.05, 0) is 28.9 Å². The highest BCUT2D eigenvalue weighted by molar-refractivity contribution is 9.10. The molecule has 84 valence electrons. The summed E-state index contributed by atoms with van der Waals surface area (Å²) in [6.45, 7) is 3.78. The maximum absolute atomic E-state index is 13.2. The average Bonchev–Trinajstić information content (AvgIpc) is 2.20. The molecule has 0 aromatic heterocycles. The van der Waals surface area contributed by atoms with E-state index in [1.54, 1.807) is 6.07 Å². The molecule has 0 bridgehead atoms. The van der Waals surface area contributed by atoms with Crippen LogP contribution in [-0.4, -0.2) is 19.8 Å². The van der Waals surface area contributed by atoms with Crippen LogP contribution >= 0.6 is 15.9 Å². The smallest absolute Gasteiger partial charge is 0.139 e. The Labute approximate surface area is 96.9 Å². The summed E-state index contributed by atoms with van der Waals surface area (Å²) in [5, 5.41) is 3.00. The van der Waals surface area contributed by atoms with Crippen molar-refractivity contribution in [3.63, 3.8) is 0 Å². The summed E-state index contributed by atoms with van der Waals surface area (Å²) in [6, 6.07) is 2.91. The van der Waals surface area contributed by atoms with Gasteiger partial charge in [0.05, 0.1) is 22.5 Å². The molecule has 1 aromatic rings. The largest absolute Gasteiger partial charge is 0.397 e. The number of nitrogens with one attached hydrogen (secondary N) is 1. The Bertz CT molecular complexity index is 333. The van der Waals surface area contributed by atoms with Gasteiger partial charge in [-0.3, -0.25) is 0 Å². The highest BCUT2D eigenvalue weighted by Gasteiger charge is 2.04. The zero-order valence-electron chi connectivity index (χ0n) is 8.52. The van der Waals surface area contributed by atoms with Crippen molar-refractivity contribution in [2.24, 2.45) is 0 Å². The van der Waals surface area contributed by atoms with E-state index in [1.807, 2.05) is 6.92 Å². The monoisotopic (exact) mass is 276 g/mol. The Kier molecular flexibility index (Phi) is 4.84. The maximum atomic E-state index is 13.2. The fourth-order valence-electron chi connectivity index (χ4n) is 1.12. The number of halogens is 2. The zero-order chi connectivity index (χ0) is 11.3. The lowest BCUT2D eigenvalue weighted by molar-refractivity contribution is 0.158. The predicted molar refractivity (Wildman–Crippen MR) is 63.5 cm³/mol. The third kappa shape index (κ3) is 3.68. The van der Waals surface area contributed by atoms with Crippen LogP contribution < -0.4 is 11.1 Å². The SMILES string of the molecule is CCOCCNc1cc(F)c(Br)cc1N. The first-order chi connectivity index (χ1) is 7.15. The van der Waals surface area contributed by atoms with E-state index in [0.29, 0.717) is 35.6 Å². The van der Waals surface area contributed by atoms with Crippen molar-refractivity contribution >= 4 is 27.3 Å². The summed E-state index contributed by atoms with van der Waals surface area (Å²) in [6.07, 6.45) is 0. The molecule has 0 aliphatic carbocycles. The van der Waals surface area contributed by atoms with Crippen molar-refractivity contribution < 1.29 is 9.13 Å². The standard InChI is InChI=1S/C10H14BrFN2O/c1-2-15-4-3-14-10-6-8(12)7(11)5-9(10)13/h5-6,14H,2-4,13H2,1H3. The molecule has 5 heteroatoms. The number of rotatable bonds is 5. The summed E-state index contributed by atoms with van der Waals surface area (Å²) in [5.41, 5.74) is 6.81. The van der Waals surface area contributed by atoms with Gasteiger partial charge in [-0.2, -0.15) is 0 Å². The van der Waals surface area contributed by atoms with Crippen LogP contribution in [0.3, 0.4) is 0 Å². The molecule has 1 rings (SSSR count). The van der Waals surface area contributed by atoms with Crippen molar-refractivity contribution in [1.29, 1.82) is 0 Å². The topological polar surface area (TPSA) is 47.3 Å². The number of nitrogen functional groups attached to an aromatic ring is 1. The molecule has 0 unspecified atom stereocenters. The first-order valence-electron chi connectivity index (χ1n) is 4.71. The Balaban J connectivity index is 2.57. The Morgan fingerprint density at radius 1 is 1.53 bits per heavy atom. The first kappa shape index (κ1) is 12.3. The fraction of sp³-hybridized carbons (Fsp3) is 0.400. The van der Waals surface area contributed by atoms with Gasteiger partial charge < -0.3 is 15.8 Å². The Hall–Kier alpha value is -0.810. The van der Waals surface area contributed by atoms with Gasteiger partial charge in [-0.15, -0.1) is 0 Å². The predicted octanol–water partition coefficient (Wildman–Crippen LogP) is 2.62. The number of benzene rings is 1. The second kappa shape index (κ2) is 5.92. The number of ether oxygens (including phenoxy) is 1. The quantitative estimate of drug-likeness (QED) is 0.642. The van der Waals surface area contributed by atoms with E-state index in [4.69, 9.17) is 10.5 Å². The third-order valence-electron chi connectivity index (χ3n) is 1.86. The average molecular weight is 277 g/mol. The van der Waals surface area contributed by atoms with Crippen LogP contribution in [0, 0.1) is 5.82 Å². The van der Waals surface area contributed by atoms with E-state index in [9.17, 15) is 4.39 Å². The second-order valence-electron chi connectivity index (χ2n) is 2.98. The molecule has 0 amide bonds. The lowest BCUT2D eigenvalue weighted by Gasteiger charge is -2.10. The number of hydrogen-bond acceptors (Lipinski definition) is 3. The maximum Gasteiger partial charge on any atom is 0.139 e. The van der Waals surface area contributed by atoms with Crippen molar-refractivity contribution in [2.45, 2.75) is 6.92 Å². The molecule has 15 heavy (non-hydrogen) atoms. The van der Waals surface area contributed by atoms with E-state index in [0.717, 1.165) is 0 Å². The van der Waals surface area contributed by atoms with Crippen LogP contribution in [-0.2, 0) is 4.74 Å². The van der Waals surface area contributed by atoms with Crippen LogP contribution in [0.4, 0.5) is 15.8 Å². The summed E-state index contributed by atoms with van der Waals surface area (Å²) in [4.78, 5) is 0. The lowest BCUT2D eigenvalue weighted by Crippen LogP contribution is -2.10. The molecule has 0 saturated heterocycles. The van der Waals surface area contributed by atoms with Crippen molar-refractivity contribution in [2.75, 3.05) is 30.8 Å². The zero-order valence-corrected chi connectivity index (χ0v) is 10.1. The van der Waals surface area contributed by atoms with Gasteiger partial charge in [0.25, 0.3) is 0 Å². The van der Waals surface area contributed by atoms with Crippen LogP contribution in [0.1, 0.15) is 6.92 Å². The molecule has 1 aromatic carbocycles. The minimum atomic E-state index is -0.330. The van der Waals surface area contributed by atoms with E-state index >= 15 is 0 Å². The highest BCUT2D eigenvalue weighted by Crippen LogP contribution is 2.26. The normalized spacial score (nSPS) is 10.3. The van der Waals surface area contributed by atoms with E-state index < -0.39 is 0 Å². The Morgan fingerprint density at radius 3 is 2.93 bits per heavy atom. The van der Waals surface area contributed by atoms with Gasteiger partial charge in [-0.1, -0.05) is 0 Å². The first-order valence-corrected chi connectivity index (χ1v) is 5.50. The molecule has 3 N–H and O–H groups in total. The molecule has 0 atom stereocenters. The molecule has 0 saturated carbocycles.